The molecular formula is C14H17BrO2. The minimum absolute atomic E-state index is 0.502. The molecule has 0 saturated carbocycles. The van der Waals surface area contributed by atoms with Crippen LogP contribution < -0.4 is 0 Å². The summed E-state index contributed by atoms with van der Waals surface area (Å²) in [6.07, 6.45) is 0.502. The van der Waals surface area contributed by atoms with E-state index in [-0.39, 0.29) is 0 Å². The van der Waals surface area contributed by atoms with Crippen molar-refractivity contribution in [1.82, 2.24) is 0 Å². The average Bonchev–Trinajstić information content (AvgIpc) is 2.15. The Hall–Kier alpha value is -1.09. The van der Waals surface area contributed by atoms with Gasteiger partial charge < -0.3 is 5.11 Å². The van der Waals surface area contributed by atoms with Crippen molar-refractivity contribution in [2.24, 2.45) is 5.41 Å². The normalized spacial score (nSPS) is 11.3. The third kappa shape index (κ3) is 3.70. The molecule has 17 heavy (non-hydrogen) atoms. The molecule has 0 atom stereocenters. The Morgan fingerprint density at radius 3 is 2.47 bits per heavy atom. The van der Waals surface area contributed by atoms with Gasteiger partial charge in [0, 0.05) is 4.47 Å². The molecule has 1 aromatic carbocycles. The lowest BCUT2D eigenvalue weighted by Gasteiger charge is -2.19. The van der Waals surface area contributed by atoms with E-state index < -0.39 is 11.4 Å². The van der Waals surface area contributed by atoms with Gasteiger partial charge in [-0.2, -0.15) is 0 Å². The molecule has 0 spiro atoms. The maximum absolute atomic E-state index is 11.1. The smallest absolute Gasteiger partial charge is 0.309 e. The lowest BCUT2D eigenvalue weighted by molar-refractivity contribution is -0.146. The van der Waals surface area contributed by atoms with Crippen LogP contribution in [0.5, 0.6) is 0 Å². The van der Waals surface area contributed by atoms with Crippen molar-refractivity contribution in [2.45, 2.75) is 27.2 Å². The minimum atomic E-state index is -0.783. The Bertz CT molecular complexity index is 461. The highest BCUT2D eigenvalue weighted by Gasteiger charge is 2.27. The van der Waals surface area contributed by atoms with Gasteiger partial charge in [0.2, 0.25) is 0 Å². The van der Waals surface area contributed by atoms with Gasteiger partial charge in [0.05, 0.1) is 5.41 Å². The fourth-order valence-electron chi connectivity index (χ4n) is 1.58. The largest absolute Gasteiger partial charge is 0.481 e. The number of carbonyl (C=O) groups is 1. The Balaban J connectivity index is 3.07. The molecule has 0 radical (unpaired) electrons. The molecule has 0 aromatic heterocycles. The fourth-order valence-corrected chi connectivity index (χ4v) is 2.13. The van der Waals surface area contributed by atoms with E-state index in [2.05, 4.69) is 22.5 Å². The van der Waals surface area contributed by atoms with E-state index in [1.165, 1.54) is 0 Å². The van der Waals surface area contributed by atoms with Crippen molar-refractivity contribution in [1.29, 1.82) is 0 Å². The van der Waals surface area contributed by atoms with Crippen LogP contribution in [0.2, 0.25) is 0 Å². The Kier molecular flexibility index (Phi) is 4.15. The first kappa shape index (κ1) is 14.0. The number of halogens is 1. The Morgan fingerprint density at radius 2 is 2.00 bits per heavy atom. The summed E-state index contributed by atoms with van der Waals surface area (Å²) in [5.41, 5.74) is 2.26. The zero-order valence-electron chi connectivity index (χ0n) is 10.4. The number of benzene rings is 1. The van der Waals surface area contributed by atoms with E-state index in [0.717, 1.165) is 21.2 Å². The van der Waals surface area contributed by atoms with Gasteiger partial charge in [-0.15, -0.1) is 0 Å². The lowest BCUT2D eigenvalue weighted by Crippen LogP contribution is -2.26. The number of aliphatic carboxylic acids is 1. The molecule has 0 unspecified atom stereocenters. The zero-order valence-corrected chi connectivity index (χ0v) is 12.0. The van der Waals surface area contributed by atoms with Crippen LogP contribution in [0, 0.1) is 5.41 Å². The quantitative estimate of drug-likeness (QED) is 0.907. The van der Waals surface area contributed by atoms with Crippen LogP contribution in [-0.4, -0.2) is 11.1 Å². The highest BCUT2D eigenvalue weighted by atomic mass is 79.9. The summed E-state index contributed by atoms with van der Waals surface area (Å²) in [6, 6.07) is 5.94. The van der Waals surface area contributed by atoms with Crippen LogP contribution in [-0.2, 0) is 11.2 Å². The van der Waals surface area contributed by atoms with Crippen molar-refractivity contribution >= 4 is 27.5 Å². The van der Waals surface area contributed by atoms with Gasteiger partial charge in [-0.3, -0.25) is 4.79 Å². The molecule has 0 aliphatic rings. The topological polar surface area (TPSA) is 37.3 Å². The van der Waals surface area contributed by atoms with Gasteiger partial charge in [0.1, 0.15) is 0 Å². The summed E-state index contributed by atoms with van der Waals surface area (Å²) in [5, 5.41) is 9.12. The van der Waals surface area contributed by atoms with E-state index in [0.29, 0.717) is 6.42 Å². The molecule has 1 rings (SSSR count). The van der Waals surface area contributed by atoms with Gasteiger partial charge in [-0.25, -0.2) is 0 Å². The first-order valence-corrected chi connectivity index (χ1v) is 6.20. The number of hydrogen-bond donors (Lipinski definition) is 1. The highest BCUT2D eigenvalue weighted by Crippen LogP contribution is 2.27. The van der Waals surface area contributed by atoms with E-state index >= 15 is 0 Å². The van der Waals surface area contributed by atoms with E-state index in [1.54, 1.807) is 13.8 Å². The highest BCUT2D eigenvalue weighted by molar-refractivity contribution is 9.10. The van der Waals surface area contributed by atoms with E-state index in [1.807, 2.05) is 25.1 Å². The summed E-state index contributed by atoms with van der Waals surface area (Å²) >= 11 is 3.44. The van der Waals surface area contributed by atoms with Crippen LogP contribution in [0.4, 0.5) is 0 Å². The number of hydrogen-bond acceptors (Lipinski definition) is 1. The van der Waals surface area contributed by atoms with Crippen LogP contribution in [0.25, 0.3) is 5.57 Å². The first-order valence-electron chi connectivity index (χ1n) is 5.41. The second kappa shape index (κ2) is 5.05. The summed E-state index contributed by atoms with van der Waals surface area (Å²) in [6.45, 7) is 9.31. The van der Waals surface area contributed by atoms with Gasteiger partial charge in [0.25, 0.3) is 0 Å². The second-order valence-electron chi connectivity index (χ2n) is 4.99. The van der Waals surface area contributed by atoms with Gasteiger partial charge in [-0.05, 0) is 50.5 Å². The predicted molar refractivity (Wildman–Crippen MR) is 74.0 cm³/mol. The summed E-state index contributed by atoms with van der Waals surface area (Å²) < 4.78 is 0.953. The van der Waals surface area contributed by atoms with Crippen molar-refractivity contribution in [3.63, 3.8) is 0 Å². The van der Waals surface area contributed by atoms with Crippen LogP contribution in [0.1, 0.15) is 31.9 Å². The molecule has 0 saturated heterocycles. The van der Waals surface area contributed by atoms with E-state index in [4.69, 9.17) is 5.11 Å². The van der Waals surface area contributed by atoms with Gasteiger partial charge in [-0.1, -0.05) is 34.1 Å². The standard InChI is InChI=1S/C14H17BrO2/c1-9(2)11-5-10(6-12(15)7-11)8-14(3,4)13(16)17/h5-7H,1,8H2,2-4H3,(H,16,17). The molecule has 92 valence electrons. The summed E-state index contributed by atoms with van der Waals surface area (Å²) in [4.78, 5) is 11.1. The van der Waals surface area contributed by atoms with Gasteiger partial charge in [0.15, 0.2) is 0 Å². The molecule has 3 heteroatoms. The number of allylic oxidation sites excluding steroid dienone is 1. The van der Waals surface area contributed by atoms with Crippen molar-refractivity contribution < 1.29 is 9.90 Å². The SMILES string of the molecule is C=C(C)c1cc(Br)cc(CC(C)(C)C(=O)O)c1. The molecule has 0 fully saturated rings. The molecule has 2 nitrogen and oxygen atoms in total. The molecule has 0 bridgehead atoms. The third-order valence-electron chi connectivity index (χ3n) is 2.68. The number of rotatable bonds is 4. The molecule has 0 amide bonds. The number of carboxylic acid groups (broad SMARTS) is 1. The zero-order chi connectivity index (χ0) is 13.2. The molecule has 0 aliphatic heterocycles. The lowest BCUT2D eigenvalue weighted by atomic mass is 9.85. The Labute approximate surface area is 110 Å². The Morgan fingerprint density at radius 1 is 1.41 bits per heavy atom. The van der Waals surface area contributed by atoms with Crippen molar-refractivity contribution in [2.75, 3.05) is 0 Å². The number of carboxylic acids is 1. The summed E-state index contributed by atoms with van der Waals surface area (Å²) in [5.74, 6) is -0.783. The molecule has 0 aliphatic carbocycles. The maximum atomic E-state index is 11.1. The molecule has 1 aromatic rings. The predicted octanol–water partition coefficient (Wildman–Crippen LogP) is 4.14. The van der Waals surface area contributed by atoms with Crippen LogP contribution >= 0.6 is 15.9 Å². The van der Waals surface area contributed by atoms with Gasteiger partial charge >= 0.3 is 5.97 Å². The van der Waals surface area contributed by atoms with Crippen LogP contribution in [0.3, 0.4) is 0 Å². The minimum Gasteiger partial charge on any atom is -0.481 e. The second-order valence-corrected chi connectivity index (χ2v) is 5.91. The third-order valence-corrected chi connectivity index (χ3v) is 3.13. The molecule has 0 heterocycles. The first-order chi connectivity index (χ1) is 7.72. The monoisotopic (exact) mass is 296 g/mol. The van der Waals surface area contributed by atoms with Crippen molar-refractivity contribution in [3.8, 4) is 0 Å². The summed E-state index contributed by atoms with van der Waals surface area (Å²) in [7, 11) is 0. The van der Waals surface area contributed by atoms with Crippen molar-refractivity contribution in [3.05, 3.63) is 40.4 Å². The molecular weight excluding hydrogens is 280 g/mol. The maximum Gasteiger partial charge on any atom is 0.309 e. The molecule has 1 N–H and O–H groups in total. The van der Waals surface area contributed by atoms with E-state index in [9.17, 15) is 4.79 Å². The van der Waals surface area contributed by atoms with Crippen LogP contribution in [0.15, 0.2) is 29.3 Å². The average molecular weight is 297 g/mol. The fraction of sp³-hybridized carbons (Fsp3) is 0.357.